The molecule has 0 amide bonds. The van der Waals surface area contributed by atoms with Gasteiger partial charge in [-0.3, -0.25) is 9.80 Å². The smallest absolute Gasteiger partial charge is 0.106 e. The van der Waals surface area contributed by atoms with Crippen LogP contribution < -0.4 is 5.32 Å². The van der Waals surface area contributed by atoms with Crippen molar-refractivity contribution in [3.63, 3.8) is 0 Å². The standard InChI is InChI=1S/C14H27N.C12H23N.C11H21NO.C10H20N2O.C10H19N.5B/c1-13(2)12-15-10-8-14(9-11-15)6-4-3-5-7-14;1-11(2)8-13-9-12(10-13)6-4-3-5-7-12;1-10(2)8-12-6-7-13-11(9-12)4-3-5-11;1-9(2)5-12-7-10(8-12)6-11-3-4-13-10;1-9(2)6-11-7-10(8-11)4-3-5-10;;;;;/h13H,3-12H2,1-2H3;11H,3-10H2,1-2H3;10H,3-9H2,1-2H3;9,11H,3-8H2,1-2H3;9H,3-8H2,1-2H3;;;;;. The van der Waals surface area contributed by atoms with Crippen molar-refractivity contribution in [2.45, 2.75) is 196 Å². The SMILES string of the molecule is CC(C)CN1CC2(CCC2)C1.CC(C)CN1CC2(CCCCC2)C1.CC(C)CN1CC2(CNCCO2)C1.CC(C)CN1CCC2(CCCCC2)CC1.CC(C)CN1CCOC2(CCC2)C1.[B].[B].[B].[B].[B]. The summed E-state index contributed by atoms with van der Waals surface area (Å²) in [7, 11) is 0. The van der Waals surface area contributed by atoms with E-state index in [1.54, 1.807) is 0 Å². The van der Waals surface area contributed by atoms with Crippen LogP contribution in [0.15, 0.2) is 0 Å². The fourth-order valence-corrected chi connectivity index (χ4v) is 14.0. The van der Waals surface area contributed by atoms with Crippen LogP contribution in [0.3, 0.4) is 0 Å². The van der Waals surface area contributed by atoms with Crippen LogP contribution in [-0.2, 0) is 9.47 Å². The first-order valence-corrected chi connectivity index (χ1v) is 28.6. The second-order valence-electron chi connectivity index (χ2n) is 26.6. The lowest BCUT2D eigenvalue weighted by atomic mass is 9.63. The number of likely N-dealkylation sites (tertiary alicyclic amines) is 4. The second kappa shape index (κ2) is 31.9. The Bertz CT molecular complexity index is 1280. The summed E-state index contributed by atoms with van der Waals surface area (Å²) in [5.74, 6) is 4.10. The summed E-state index contributed by atoms with van der Waals surface area (Å²) in [5.41, 5.74) is 2.86. The minimum atomic E-state index is 0. The first-order valence-electron chi connectivity index (χ1n) is 28.6. The highest BCUT2D eigenvalue weighted by Gasteiger charge is 2.48. The van der Waals surface area contributed by atoms with Gasteiger partial charge in [0.15, 0.2) is 0 Å². The van der Waals surface area contributed by atoms with E-state index >= 15 is 0 Å². The van der Waals surface area contributed by atoms with Crippen molar-refractivity contribution in [2.24, 2.45) is 45.8 Å². The molecular weight excluding hydrogens is 855 g/mol. The fraction of sp³-hybridized carbons (Fsp3) is 1.00. The molecule has 4 aliphatic carbocycles. The van der Waals surface area contributed by atoms with Crippen LogP contribution in [0.25, 0.3) is 0 Å². The molecule has 0 bridgehead atoms. The average molecular weight is 966 g/mol. The Morgan fingerprint density at radius 1 is 0.343 bits per heavy atom. The van der Waals surface area contributed by atoms with E-state index in [-0.39, 0.29) is 53.3 Å². The Balaban J connectivity index is 0.000000431. The van der Waals surface area contributed by atoms with Gasteiger partial charge in [0.25, 0.3) is 0 Å². The summed E-state index contributed by atoms with van der Waals surface area (Å²) < 4.78 is 11.7. The molecule has 10 fully saturated rings. The zero-order valence-electron chi connectivity index (χ0n) is 48.0. The third-order valence-electron chi connectivity index (χ3n) is 17.3. The van der Waals surface area contributed by atoms with E-state index in [0.717, 1.165) is 91.8 Å². The molecule has 6 saturated heterocycles. The number of piperidine rings is 1. The number of morpholine rings is 2. The van der Waals surface area contributed by atoms with E-state index in [1.165, 1.54) is 194 Å². The third kappa shape index (κ3) is 21.2. The lowest BCUT2D eigenvalue weighted by Crippen LogP contribution is -2.69. The van der Waals surface area contributed by atoms with Crippen molar-refractivity contribution in [1.82, 2.24) is 29.8 Å². The molecule has 10 rings (SSSR count). The van der Waals surface area contributed by atoms with E-state index in [9.17, 15) is 0 Å². The molecule has 13 heteroatoms. The van der Waals surface area contributed by atoms with Crippen LogP contribution in [0, 0.1) is 45.8 Å². The molecule has 1 N–H and O–H groups in total. The Morgan fingerprint density at radius 3 is 1.07 bits per heavy atom. The molecule has 4 saturated carbocycles. The molecule has 0 unspecified atom stereocenters. The van der Waals surface area contributed by atoms with E-state index in [4.69, 9.17) is 9.47 Å². The number of rotatable bonds is 10. The molecule has 395 valence electrons. The predicted molar refractivity (Wildman–Crippen MR) is 306 cm³/mol. The minimum Gasteiger partial charge on any atom is -0.372 e. The maximum absolute atomic E-state index is 5.87. The van der Waals surface area contributed by atoms with Gasteiger partial charge in [-0.25, -0.2) is 0 Å². The van der Waals surface area contributed by atoms with Gasteiger partial charge in [-0.1, -0.05) is 114 Å². The molecule has 0 aromatic rings. The Kier molecular flexibility index (Phi) is 31.0. The summed E-state index contributed by atoms with van der Waals surface area (Å²) in [6, 6.07) is 0. The van der Waals surface area contributed by atoms with E-state index < -0.39 is 0 Å². The van der Waals surface area contributed by atoms with Crippen LogP contribution in [0.5, 0.6) is 0 Å². The Labute approximate surface area is 445 Å². The quantitative estimate of drug-likeness (QED) is 0.218. The van der Waals surface area contributed by atoms with Crippen LogP contribution in [0.4, 0.5) is 0 Å². The van der Waals surface area contributed by atoms with Crippen LogP contribution in [-0.4, -0.2) is 202 Å². The molecule has 0 aromatic carbocycles. The van der Waals surface area contributed by atoms with Gasteiger partial charge >= 0.3 is 0 Å². The fourth-order valence-electron chi connectivity index (χ4n) is 14.0. The van der Waals surface area contributed by atoms with E-state index in [0.29, 0.717) is 0 Å². The molecule has 0 atom stereocenters. The number of hydrogen-bond acceptors (Lipinski definition) is 8. The summed E-state index contributed by atoms with van der Waals surface area (Å²) >= 11 is 0. The van der Waals surface area contributed by atoms with Crippen molar-refractivity contribution in [3.05, 3.63) is 0 Å². The monoisotopic (exact) mass is 966 g/mol. The number of ether oxygens (including phenoxy) is 2. The topological polar surface area (TPSA) is 46.7 Å². The summed E-state index contributed by atoms with van der Waals surface area (Å²) in [6.07, 6.45) is 26.5. The van der Waals surface area contributed by atoms with Crippen molar-refractivity contribution < 1.29 is 9.47 Å². The maximum Gasteiger partial charge on any atom is 0.106 e. The van der Waals surface area contributed by atoms with E-state index in [1.807, 2.05) is 0 Å². The molecule has 15 radical (unpaired) electrons. The molecular formula is C57H110B5N6O2. The first kappa shape index (κ1) is 68.0. The molecule has 5 spiro atoms. The average Bonchev–Trinajstić information content (AvgIpc) is 3.19. The summed E-state index contributed by atoms with van der Waals surface area (Å²) in [6.45, 7) is 46.3. The zero-order valence-corrected chi connectivity index (χ0v) is 48.0. The van der Waals surface area contributed by atoms with Crippen molar-refractivity contribution in [3.8, 4) is 0 Å². The second-order valence-corrected chi connectivity index (χ2v) is 26.6. The normalized spacial score (nSPS) is 25.9. The number of nitrogens with one attached hydrogen (secondary N) is 1. The maximum atomic E-state index is 5.87. The lowest BCUT2D eigenvalue weighted by molar-refractivity contribution is -0.157. The first-order chi connectivity index (χ1) is 31.0. The van der Waals surface area contributed by atoms with Gasteiger partial charge in [-0.15, -0.1) is 0 Å². The molecule has 0 aromatic heterocycles. The molecule has 10 aliphatic rings. The molecule has 8 nitrogen and oxygen atoms in total. The van der Waals surface area contributed by atoms with E-state index in [2.05, 4.69) is 99.1 Å². The van der Waals surface area contributed by atoms with Gasteiger partial charge in [0.1, 0.15) is 5.60 Å². The highest BCUT2D eigenvalue weighted by atomic mass is 16.5. The number of hydrogen-bond donors (Lipinski definition) is 1. The summed E-state index contributed by atoms with van der Waals surface area (Å²) in [4.78, 5) is 13.0. The highest BCUT2D eigenvalue weighted by Crippen LogP contribution is 2.48. The molecule has 6 heterocycles. The van der Waals surface area contributed by atoms with Gasteiger partial charge in [0.2, 0.25) is 0 Å². The Hall–Kier alpha value is 0.00468. The van der Waals surface area contributed by atoms with Gasteiger partial charge in [-0.05, 0) is 130 Å². The lowest BCUT2D eigenvalue weighted by Gasteiger charge is -2.56. The van der Waals surface area contributed by atoms with Crippen LogP contribution >= 0.6 is 0 Å². The van der Waals surface area contributed by atoms with Crippen molar-refractivity contribution in [1.29, 1.82) is 0 Å². The molecule has 70 heavy (non-hydrogen) atoms. The van der Waals surface area contributed by atoms with Gasteiger partial charge < -0.3 is 29.5 Å². The zero-order chi connectivity index (χ0) is 46.6. The van der Waals surface area contributed by atoms with Gasteiger partial charge in [-0.2, -0.15) is 0 Å². The molecule has 6 aliphatic heterocycles. The Morgan fingerprint density at radius 2 is 0.700 bits per heavy atom. The largest absolute Gasteiger partial charge is 0.372 e. The minimum absolute atomic E-state index is 0. The third-order valence-corrected chi connectivity index (χ3v) is 17.3. The number of nitrogens with zero attached hydrogens (tertiary/aromatic N) is 5. The van der Waals surface area contributed by atoms with Gasteiger partial charge in [0, 0.05) is 140 Å². The van der Waals surface area contributed by atoms with Crippen molar-refractivity contribution in [2.75, 3.05) is 124 Å². The predicted octanol–water partition coefficient (Wildman–Crippen LogP) is 9.04. The van der Waals surface area contributed by atoms with Crippen LogP contribution in [0.1, 0.15) is 185 Å². The highest BCUT2D eigenvalue weighted by molar-refractivity contribution is 5.76. The summed E-state index contributed by atoms with van der Waals surface area (Å²) in [5, 5.41) is 3.40. The van der Waals surface area contributed by atoms with Crippen molar-refractivity contribution >= 4 is 42.1 Å². The van der Waals surface area contributed by atoms with Gasteiger partial charge in [0.05, 0.1) is 18.8 Å². The van der Waals surface area contributed by atoms with Crippen LogP contribution in [0.2, 0.25) is 0 Å².